The molecule has 0 bridgehead atoms. The maximum Gasteiger partial charge on any atom is 0.230 e. The molecule has 2 aromatic carbocycles. The molecule has 174 valence electrons. The van der Waals surface area contributed by atoms with Crippen LogP contribution in [0.4, 0.5) is 0 Å². The number of carbonyl (C=O) groups is 1. The molecular weight excluding hydrogens is 432 g/mol. The minimum atomic E-state index is 0.0523. The molecule has 1 amide bonds. The van der Waals surface area contributed by atoms with Crippen molar-refractivity contribution in [2.45, 2.75) is 63.9 Å². The van der Waals surface area contributed by atoms with Gasteiger partial charge in [0.05, 0.1) is 5.75 Å². The topological polar surface area (TPSA) is 69.0 Å². The summed E-state index contributed by atoms with van der Waals surface area (Å²) in [4.78, 5) is 12.5. The minimum absolute atomic E-state index is 0.0523. The van der Waals surface area contributed by atoms with E-state index in [0.29, 0.717) is 35.8 Å². The van der Waals surface area contributed by atoms with E-state index in [1.807, 2.05) is 28.8 Å². The molecule has 1 heterocycles. The van der Waals surface area contributed by atoms with Gasteiger partial charge in [0.25, 0.3) is 0 Å². The van der Waals surface area contributed by atoms with Crippen LogP contribution in [-0.2, 0) is 17.9 Å². The molecule has 0 spiro atoms. The number of hydrogen-bond donors (Lipinski definition) is 1. The number of ether oxygens (including phenoxy) is 1. The number of hydrogen-bond acceptors (Lipinski definition) is 5. The van der Waals surface area contributed by atoms with E-state index in [9.17, 15) is 4.79 Å². The first-order valence-corrected chi connectivity index (χ1v) is 12.6. The molecular formula is C26H32N4O2S. The maximum absolute atomic E-state index is 12.5. The number of fused-ring (bicyclic) bond motifs is 1. The van der Waals surface area contributed by atoms with E-state index < -0.39 is 0 Å². The average molecular weight is 465 g/mol. The van der Waals surface area contributed by atoms with Gasteiger partial charge in [0.2, 0.25) is 5.91 Å². The molecule has 1 aliphatic rings. The number of thioether (sulfide) groups is 1. The second kappa shape index (κ2) is 10.9. The number of nitrogens with one attached hydrogen (secondary N) is 1. The highest BCUT2D eigenvalue weighted by molar-refractivity contribution is 7.99. The van der Waals surface area contributed by atoms with E-state index in [2.05, 4.69) is 54.1 Å². The lowest BCUT2D eigenvalue weighted by Gasteiger charge is -2.29. The van der Waals surface area contributed by atoms with Crippen molar-refractivity contribution < 1.29 is 9.53 Å². The van der Waals surface area contributed by atoms with Crippen LogP contribution in [-0.4, -0.2) is 32.5 Å². The van der Waals surface area contributed by atoms with Crippen LogP contribution in [0.5, 0.6) is 5.75 Å². The van der Waals surface area contributed by atoms with E-state index in [0.717, 1.165) is 17.7 Å². The Morgan fingerprint density at radius 1 is 1.24 bits per heavy atom. The van der Waals surface area contributed by atoms with Gasteiger partial charge in [0.15, 0.2) is 11.0 Å². The first-order valence-electron chi connectivity index (χ1n) is 11.6. The number of benzene rings is 2. The number of nitrogens with zero attached hydrogens (tertiary/aromatic N) is 3. The Labute approximate surface area is 199 Å². The van der Waals surface area contributed by atoms with Crippen LogP contribution in [0.25, 0.3) is 10.8 Å². The summed E-state index contributed by atoms with van der Waals surface area (Å²) in [6.07, 6.45) is 6.51. The van der Waals surface area contributed by atoms with Crippen LogP contribution in [0.1, 0.15) is 44.0 Å². The van der Waals surface area contributed by atoms with Gasteiger partial charge in [-0.25, -0.2) is 0 Å². The lowest BCUT2D eigenvalue weighted by molar-refractivity contribution is -0.119. The maximum atomic E-state index is 12.5. The predicted octanol–water partition coefficient (Wildman–Crippen LogP) is 5.29. The summed E-state index contributed by atoms with van der Waals surface area (Å²) in [6.45, 7) is 9.01. The standard InChI is InChI=1S/C26H32N4O2S/c1-4-15-30-24(16-32-23-14-13-20-10-6-7-11-21(20)19(23)3)28-29-26(30)33-17-25(31)27-22-12-8-5-9-18(22)2/h4,6-7,10-11,13-14,18,22H,1,5,8-9,12,15-17H2,2-3H3,(H,27,31)/t18-,22-/m0/s1. The molecule has 33 heavy (non-hydrogen) atoms. The van der Waals surface area contributed by atoms with Crippen molar-refractivity contribution in [3.63, 3.8) is 0 Å². The summed E-state index contributed by atoms with van der Waals surface area (Å²) in [6, 6.07) is 12.6. The molecule has 0 aliphatic heterocycles. The average Bonchev–Trinajstić information content (AvgIpc) is 3.21. The zero-order chi connectivity index (χ0) is 23.2. The molecule has 0 radical (unpaired) electrons. The Morgan fingerprint density at radius 3 is 2.88 bits per heavy atom. The number of aromatic nitrogens is 3. The van der Waals surface area contributed by atoms with E-state index in [4.69, 9.17) is 4.74 Å². The Morgan fingerprint density at radius 2 is 2.06 bits per heavy atom. The molecule has 0 saturated heterocycles. The highest BCUT2D eigenvalue weighted by atomic mass is 32.2. The number of allylic oxidation sites excluding steroid dienone is 1. The molecule has 1 aromatic heterocycles. The van der Waals surface area contributed by atoms with Gasteiger partial charge in [0.1, 0.15) is 12.4 Å². The highest BCUT2D eigenvalue weighted by Crippen LogP contribution is 2.28. The molecule has 1 saturated carbocycles. The van der Waals surface area contributed by atoms with Gasteiger partial charge in [-0.1, -0.05) is 67.9 Å². The van der Waals surface area contributed by atoms with Crippen molar-refractivity contribution in [2.24, 2.45) is 5.92 Å². The first kappa shape index (κ1) is 23.4. The predicted molar refractivity (Wildman–Crippen MR) is 134 cm³/mol. The van der Waals surface area contributed by atoms with Crippen LogP contribution < -0.4 is 10.1 Å². The van der Waals surface area contributed by atoms with Crippen molar-refractivity contribution in [1.82, 2.24) is 20.1 Å². The SMILES string of the molecule is C=CCn1c(COc2ccc3ccccc3c2C)nnc1SCC(=O)N[C@H]1CCCC[C@@H]1C. The van der Waals surface area contributed by atoms with Gasteiger partial charge in [-0.3, -0.25) is 9.36 Å². The molecule has 7 heteroatoms. The largest absolute Gasteiger partial charge is 0.485 e. The molecule has 0 unspecified atom stereocenters. The van der Waals surface area contributed by atoms with E-state index in [-0.39, 0.29) is 11.9 Å². The van der Waals surface area contributed by atoms with Crippen LogP contribution in [0.15, 0.2) is 54.2 Å². The van der Waals surface area contributed by atoms with E-state index in [1.54, 1.807) is 0 Å². The summed E-state index contributed by atoms with van der Waals surface area (Å²) >= 11 is 1.41. The molecule has 6 nitrogen and oxygen atoms in total. The second-order valence-electron chi connectivity index (χ2n) is 8.72. The van der Waals surface area contributed by atoms with Crippen LogP contribution in [0.2, 0.25) is 0 Å². The zero-order valence-corrected chi connectivity index (χ0v) is 20.2. The van der Waals surface area contributed by atoms with Crippen molar-refractivity contribution in [1.29, 1.82) is 0 Å². The fraction of sp³-hybridized carbons (Fsp3) is 0.423. The van der Waals surface area contributed by atoms with Gasteiger partial charge in [-0.05, 0) is 48.1 Å². The Balaban J connectivity index is 1.40. The van der Waals surface area contributed by atoms with E-state index in [1.165, 1.54) is 41.8 Å². The second-order valence-corrected chi connectivity index (χ2v) is 9.66. The molecule has 3 aromatic rings. The van der Waals surface area contributed by atoms with Gasteiger partial charge < -0.3 is 10.1 Å². The van der Waals surface area contributed by atoms with Crippen molar-refractivity contribution in [2.75, 3.05) is 5.75 Å². The van der Waals surface area contributed by atoms with Crippen LogP contribution >= 0.6 is 11.8 Å². The normalized spacial score (nSPS) is 18.2. The highest BCUT2D eigenvalue weighted by Gasteiger charge is 2.23. The monoisotopic (exact) mass is 464 g/mol. The zero-order valence-electron chi connectivity index (χ0n) is 19.4. The third-order valence-corrected chi connectivity index (χ3v) is 7.37. The van der Waals surface area contributed by atoms with Crippen molar-refractivity contribution >= 4 is 28.4 Å². The molecule has 1 fully saturated rings. The Hall–Kier alpha value is -2.80. The fourth-order valence-corrected chi connectivity index (χ4v) is 5.24. The number of amides is 1. The van der Waals surface area contributed by atoms with Gasteiger partial charge in [-0.2, -0.15) is 0 Å². The Bertz CT molecular complexity index is 1130. The molecule has 4 rings (SSSR count). The molecule has 2 atom stereocenters. The van der Waals surface area contributed by atoms with E-state index >= 15 is 0 Å². The van der Waals surface area contributed by atoms with Crippen molar-refractivity contribution in [3.05, 3.63) is 60.4 Å². The molecule has 1 N–H and O–H groups in total. The minimum Gasteiger partial charge on any atom is -0.485 e. The number of aryl methyl sites for hydroxylation is 1. The third kappa shape index (κ3) is 5.58. The summed E-state index contributed by atoms with van der Waals surface area (Å²) in [5.74, 6) is 2.46. The summed E-state index contributed by atoms with van der Waals surface area (Å²) < 4.78 is 8.09. The third-order valence-electron chi connectivity index (χ3n) is 6.40. The first-order chi connectivity index (χ1) is 16.1. The Kier molecular flexibility index (Phi) is 7.70. The summed E-state index contributed by atoms with van der Waals surface area (Å²) in [5.41, 5.74) is 1.10. The van der Waals surface area contributed by atoms with Gasteiger partial charge in [0, 0.05) is 12.6 Å². The fourth-order valence-electron chi connectivity index (χ4n) is 4.46. The smallest absolute Gasteiger partial charge is 0.230 e. The summed E-state index contributed by atoms with van der Waals surface area (Å²) in [7, 11) is 0. The quantitative estimate of drug-likeness (QED) is 0.344. The molecule has 1 aliphatic carbocycles. The lowest BCUT2D eigenvalue weighted by Crippen LogP contribution is -2.41. The van der Waals surface area contributed by atoms with Crippen molar-refractivity contribution in [3.8, 4) is 5.75 Å². The number of carbonyl (C=O) groups excluding carboxylic acids is 1. The van der Waals surface area contributed by atoms with Gasteiger partial charge in [-0.15, -0.1) is 16.8 Å². The number of rotatable bonds is 9. The van der Waals surface area contributed by atoms with Crippen LogP contribution in [0, 0.1) is 12.8 Å². The summed E-state index contributed by atoms with van der Waals surface area (Å²) in [5, 5.41) is 14.9. The van der Waals surface area contributed by atoms with Crippen LogP contribution in [0.3, 0.4) is 0 Å². The van der Waals surface area contributed by atoms with Gasteiger partial charge >= 0.3 is 0 Å². The lowest BCUT2D eigenvalue weighted by atomic mass is 9.86.